The van der Waals surface area contributed by atoms with E-state index in [2.05, 4.69) is 0 Å². The number of carbonyl (C=O) groups excluding carboxylic acids is 1. The number of amides is 1. The molecule has 0 aliphatic heterocycles. The SMILES string of the molecule is COc1ccc(-c2cccc(S(=O)(=O)n3ccc(C=CC(=O)NO)c3)c2)cc1. The molecule has 2 aromatic carbocycles. The molecule has 0 bridgehead atoms. The summed E-state index contributed by atoms with van der Waals surface area (Å²) in [6.07, 6.45) is 5.27. The summed E-state index contributed by atoms with van der Waals surface area (Å²) < 4.78 is 32.1. The molecule has 2 N–H and O–H groups in total. The molecule has 0 saturated heterocycles. The van der Waals surface area contributed by atoms with Crippen LogP contribution in [0.3, 0.4) is 0 Å². The van der Waals surface area contributed by atoms with Crippen molar-refractivity contribution in [2.75, 3.05) is 7.11 Å². The van der Waals surface area contributed by atoms with E-state index in [0.29, 0.717) is 5.56 Å². The van der Waals surface area contributed by atoms with Gasteiger partial charge in [0.2, 0.25) is 0 Å². The molecule has 0 radical (unpaired) electrons. The molecule has 0 atom stereocenters. The third-order valence-electron chi connectivity index (χ3n) is 4.06. The van der Waals surface area contributed by atoms with Gasteiger partial charge in [0, 0.05) is 18.5 Å². The molecule has 1 aromatic heterocycles. The van der Waals surface area contributed by atoms with E-state index in [1.165, 1.54) is 30.0 Å². The second-order valence-corrected chi connectivity index (χ2v) is 7.69. The quantitative estimate of drug-likeness (QED) is 0.378. The van der Waals surface area contributed by atoms with E-state index in [0.717, 1.165) is 26.9 Å². The van der Waals surface area contributed by atoms with Gasteiger partial charge in [-0.3, -0.25) is 10.0 Å². The highest BCUT2D eigenvalue weighted by atomic mass is 32.2. The highest BCUT2D eigenvalue weighted by molar-refractivity contribution is 7.90. The van der Waals surface area contributed by atoms with Crippen molar-refractivity contribution >= 4 is 22.0 Å². The van der Waals surface area contributed by atoms with Crippen molar-refractivity contribution in [3.05, 3.63) is 78.6 Å². The number of hydrogen-bond donors (Lipinski definition) is 2. The lowest BCUT2D eigenvalue weighted by atomic mass is 10.1. The van der Waals surface area contributed by atoms with Crippen molar-refractivity contribution in [2.45, 2.75) is 4.90 Å². The Labute approximate surface area is 162 Å². The van der Waals surface area contributed by atoms with Crippen LogP contribution in [0.5, 0.6) is 5.75 Å². The third-order valence-corrected chi connectivity index (χ3v) is 5.69. The lowest BCUT2D eigenvalue weighted by Gasteiger charge is -2.08. The van der Waals surface area contributed by atoms with Crippen molar-refractivity contribution < 1.29 is 23.2 Å². The number of nitrogens with zero attached hydrogens (tertiary/aromatic N) is 1. The van der Waals surface area contributed by atoms with Gasteiger partial charge in [-0.15, -0.1) is 0 Å². The largest absolute Gasteiger partial charge is 0.497 e. The molecule has 0 aliphatic rings. The molecule has 3 rings (SSSR count). The summed E-state index contributed by atoms with van der Waals surface area (Å²) in [5, 5.41) is 8.49. The first-order valence-corrected chi connectivity index (χ1v) is 9.68. The fourth-order valence-electron chi connectivity index (χ4n) is 2.59. The summed E-state index contributed by atoms with van der Waals surface area (Å²) in [7, 11) is -2.22. The van der Waals surface area contributed by atoms with Crippen LogP contribution in [0.1, 0.15) is 5.56 Å². The van der Waals surface area contributed by atoms with E-state index >= 15 is 0 Å². The summed E-state index contributed by atoms with van der Waals surface area (Å²) >= 11 is 0. The van der Waals surface area contributed by atoms with Crippen LogP contribution in [-0.4, -0.2) is 30.6 Å². The molecule has 0 saturated carbocycles. The number of methoxy groups -OCH3 is 1. The summed E-state index contributed by atoms with van der Waals surface area (Å²) in [4.78, 5) is 11.2. The molecule has 7 nitrogen and oxygen atoms in total. The number of hydroxylamine groups is 1. The molecule has 0 fully saturated rings. The number of nitrogens with one attached hydrogen (secondary N) is 1. The minimum Gasteiger partial charge on any atom is -0.497 e. The van der Waals surface area contributed by atoms with Crippen molar-refractivity contribution in [3.63, 3.8) is 0 Å². The maximum atomic E-state index is 12.9. The van der Waals surface area contributed by atoms with Crippen LogP contribution in [-0.2, 0) is 14.8 Å². The molecule has 0 spiro atoms. The lowest BCUT2D eigenvalue weighted by Crippen LogP contribution is -2.14. The summed E-state index contributed by atoms with van der Waals surface area (Å²) in [6, 6.07) is 15.5. The van der Waals surface area contributed by atoms with E-state index in [1.807, 2.05) is 30.3 Å². The maximum absolute atomic E-state index is 12.9. The van der Waals surface area contributed by atoms with Crippen LogP contribution >= 0.6 is 0 Å². The number of carbonyl (C=O) groups is 1. The molecule has 0 aliphatic carbocycles. The number of benzene rings is 2. The van der Waals surface area contributed by atoms with Gasteiger partial charge in [0.25, 0.3) is 15.9 Å². The van der Waals surface area contributed by atoms with Gasteiger partial charge in [0.1, 0.15) is 5.75 Å². The molecule has 1 amide bonds. The van der Waals surface area contributed by atoms with E-state index in [-0.39, 0.29) is 4.90 Å². The van der Waals surface area contributed by atoms with Gasteiger partial charge in [-0.2, -0.15) is 0 Å². The Morgan fingerprint density at radius 1 is 1.11 bits per heavy atom. The van der Waals surface area contributed by atoms with Crippen molar-refractivity contribution in [1.29, 1.82) is 0 Å². The standard InChI is InChI=1S/C20H18N2O5S/c1-27-18-8-6-16(7-9-18)17-3-2-4-19(13-17)28(25,26)22-12-11-15(14-22)5-10-20(23)21-24/h2-14,24H,1H3,(H,21,23). The van der Waals surface area contributed by atoms with Crippen molar-refractivity contribution in [1.82, 2.24) is 9.45 Å². The summed E-state index contributed by atoms with van der Waals surface area (Å²) in [6.45, 7) is 0. The molecule has 144 valence electrons. The van der Waals surface area contributed by atoms with Crippen LogP contribution < -0.4 is 10.2 Å². The first-order valence-electron chi connectivity index (χ1n) is 8.24. The fourth-order valence-corrected chi connectivity index (χ4v) is 3.84. The van der Waals surface area contributed by atoms with Gasteiger partial charge >= 0.3 is 0 Å². The van der Waals surface area contributed by atoms with Crippen LogP contribution in [0, 0.1) is 0 Å². The van der Waals surface area contributed by atoms with Crippen LogP contribution in [0.2, 0.25) is 0 Å². The highest BCUT2D eigenvalue weighted by Crippen LogP contribution is 2.26. The number of ether oxygens (including phenoxy) is 1. The Bertz CT molecular complexity index is 1120. The van der Waals surface area contributed by atoms with Crippen LogP contribution in [0.25, 0.3) is 17.2 Å². The molecule has 28 heavy (non-hydrogen) atoms. The molecule has 0 unspecified atom stereocenters. The second kappa shape index (κ2) is 8.12. The Balaban J connectivity index is 1.91. The maximum Gasteiger partial charge on any atom is 0.267 e. The Hall–Kier alpha value is -3.36. The molecular formula is C20H18N2O5S. The fraction of sp³-hybridized carbons (Fsp3) is 0.0500. The predicted molar refractivity (Wildman–Crippen MR) is 104 cm³/mol. The highest BCUT2D eigenvalue weighted by Gasteiger charge is 2.17. The lowest BCUT2D eigenvalue weighted by molar-refractivity contribution is -0.124. The Kier molecular flexibility index (Phi) is 5.62. The monoisotopic (exact) mass is 398 g/mol. The van der Waals surface area contributed by atoms with Gasteiger partial charge < -0.3 is 4.74 Å². The van der Waals surface area contributed by atoms with E-state index in [1.54, 1.807) is 25.3 Å². The average molecular weight is 398 g/mol. The zero-order valence-corrected chi connectivity index (χ0v) is 15.8. The molecule has 8 heteroatoms. The zero-order valence-electron chi connectivity index (χ0n) is 14.9. The molecule has 1 heterocycles. The van der Waals surface area contributed by atoms with E-state index < -0.39 is 15.9 Å². The number of hydrogen-bond acceptors (Lipinski definition) is 5. The zero-order chi connectivity index (χ0) is 20.1. The average Bonchev–Trinajstić information content (AvgIpc) is 3.22. The third kappa shape index (κ3) is 4.13. The normalized spacial score (nSPS) is 11.5. The number of aromatic nitrogens is 1. The summed E-state index contributed by atoms with van der Waals surface area (Å²) in [5.41, 5.74) is 3.59. The summed E-state index contributed by atoms with van der Waals surface area (Å²) in [5.74, 6) is 0.0122. The van der Waals surface area contributed by atoms with Gasteiger partial charge in [-0.05, 0) is 53.1 Å². The van der Waals surface area contributed by atoms with Crippen LogP contribution in [0.15, 0.2) is 78.0 Å². The minimum atomic E-state index is -3.80. The smallest absolute Gasteiger partial charge is 0.267 e. The Morgan fingerprint density at radius 3 is 2.54 bits per heavy atom. The minimum absolute atomic E-state index is 0.139. The predicted octanol–water partition coefficient (Wildman–Crippen LogP) is 2.92. The molecular weight excluding hydrogens is 380 g/mol. The Morgan fingerprint density at radius 2 is 1.86 bits per heavy atom. The van der Waals surface area contributed by atoms with Gasteiger partial charge in [-0.1, -0.05) is 24.3 Å². The van der Waals surface area contributed by atoms with Gasteiger partial charge in [-0.25, -0.2) is 17.9 Å². The second-order valence-electron chi connectivity index (χ2n) is 5.85. The van der Waals surface area contributed by atoms with Crippen LogP contribution in [0.4, 0.5) is 0 Å². The van der Waals surface area contributed by atoms with E-state index in [4.69, 9.17) is 9.94 Å². The van der Waals surface area contributed by atoms with Gasteiger partial charge in [0.15, 0.2) is 0 Å². The van der Waals surface area contributed by atoms with Gasteiger partial charge in [0.05, 0.1) is 12.0 Å². The molecule has 3 aromatic rings. The van der Waals surface area contributed by atoms with E-state index in [9.17, 15) is 13.2 Å². The van der Waals surface area contributed by atoms with Crippen molar-refractivity contribution in [2.24, 2.45) is 0 Å². The first kappa shape index (κ1) is 19.4. The first-order chi connectivity index (χ1) is 13.4. The number of rotatable bonds is 6. The van der Waals surface area contributed by atoms with Crippen molar-refractivity contribution in [3.8, 4) is 16.9 Å². The topological polar surface area (TPSA) is 97.6 Å².